The van der Waals surface area contributed by atoms with Gasteiger partial charge in [0.2, 0.25) is 0 Å². The largest absolute Gasteiger partial charge is 0.309 e. The first kappa shape index (κ1) is 18.1. The average molecular weight is 383 g/mol. The number of benzene rings is 1. The molecule has 0 radical (unpaired) electrons. The first-order chi connectivity index (χ1) is 11.8. The van der Waals surface area contributed by atoms with Gasteiger partial charge in [-0.05, 0) is 37.6 Å². The number of hydrogen-bond acceptors (Lipinski definition) is 6. The van der Waals surface area contributed by atoms with Crippen molar-refractivity contribution in [1.29, 1.82) is 0 Å². The Balaban J connectivity index is 1.73. The Morgan fingerprint density at radius 3 is 2.60 bits per heavy atom. The van der Waals surface area contributed by atoms with Gasteiger partial charge in [-0.25, -0.2) is 12.8 Å². The summed E-state index contributed by atoms with van der Waals surface area (Å²) < 4.78 is 38.0. The molecule has 2 unspecified atom stereocenters. The Bertz CT molecular complexity index is 894. The Labute approximate surface area is 149 Å². The van der Waals surface area contributed by atoms with Crippen LogP contribution in [0.3, 0.4) is 0 Å². The highest BCUT2D eigenvalue weighted by atomic mass is 32.2. The third-order valence-corrected chi connectivity index (χ3v) is 7.15. The highest BCUT2D eigenvalue weighted by molar-refractivity contribution is 8.00. The van der Waals surface area contributed by atoms with Crippen LogP contribution in [0, 0.1) is 5.82 Å². The molecule has 1 aromatic carbocycles. The lowest BCUT2D eigenvalue weighted by atomic mass is 10.1. The molecule has 25 heavy (non-hydrogen) atoms. The number of carbonyl (C=O) groups is 1. The molecule has 3 rings (SSSR count). The number of hydrogen-bond donors (Lipinski definition) is 0. The van der Waals surface area contributed by atoms with Crippen LogP contribution in [0.15, 0.2) is 29.4 Å². The van der Waals surface area contributed by atoms with Crippen LogP contribution in [-0.2, 0) is 16.9 Å². The topological polar surface area (TPSA) is 81.9 Å². The molecular formula is C16H18FN3O3S2. The number of sulfone groups is 1. The minimum atomic E-state index is -3.00. The molecule has 6 nitrogen and oxygen atoms in total. The molecular weight excluding hydrogens is 365 g/mol. The Kier molecular flexibility index (Phi) is 4.97. The van der Waals surface area contributed by atoms with Crippen LogP contribution < -0.4 is 0 Å². The number of Topliss-reactive ketones (excluding diaryl/α,β-unsaturated/α-hetero) is 1. The highest BCUT2D eigenvalue weighted by Crippen LogP contribution is 2.31. The summed E-state index contributed by atoms with van der Waals surface area (Å²) in [4.78, 5) is 12.4. The normalized spacial score (nSPS) is 20.5. The molecule has 1 aliphatic rings. The van der Waals surface area contributed by atoms with Gasteiger partial charge >= 0.3 is 0 Å². The van der Waals surface area contributed by atoms with Gasteiger partial charge in [0.1, 0.15) is 11.6 Å². The summed E-state index contributed by atoms with van der Waals surface area (Å²) in [7, 11) is -1.22. The molecule has 0 saturated carbocycles. The van der Waals surface area contributed by atoms with Crippen molar-refractivity contribution in [1.82, 2.24) is 14.8 Å². The second-order valence-corrected chi connectivity index (χ2v) is 9.67. The minimum Gasteiger partial charge on any atom is -0.309 e. The number of ketones is 1. The summed E-state index contributed by atoms with van der Waals surface area (Å²) >= 11 is 1.25. The first-order valence-electron chi connectivity index (χ1n) is 7.83. The zero-order valence-corrected chi connectivity index (χ0v) is 15.5. The van der Waals surface area contributed by atoms with Crippen molar-refractivity contribution in [2.45, 2.75) is 29.7 Å². The van der Waals surface area contributed by atoms with Crippen LogP contribution in [0.2, 0.25) is 0 Å². The minimum absolute atomic E-state index is 0.0910. The predicted molar refractivity (Wildman–Crippen MR) is 93.1 cm³/mol. The lowest BCUT2D eigenvalue weighted by molar-refractivity contribution is 0.0994. The molecule has 1 aromatic heterocycles. The molecule has 0 N–H and O–H groups in total. The van der Waals surface area contributed by atoms with E-state index in [2.05, 4.69) is 10.2 Å². The van der Waals surface area contributed by atoms with E-state index >= 15 is 0 Å². The SMILES string of the molecule is CC(Sc1nnc(C2CCS(=O)(=O)C2)n1C)C(=O)c1ccc(F)cc1. The van der Waals surface area contributed by atoms with Gasteiger partial charge in [0.15, 0.2) is 20.8 Å². The Morgan fingerprint density at radius 1 is 1.32 bits per heavy atom. The van der Waals surface area contributed by atoms with Crippen LogP contribution in [0.1, 0.15) is 35.4 Å². The Hall–Kier alpha value is -1.74. The van der Waals surface area contributed by atoms with Gasteiger partial charge in [-0.1, -0.05) is 11.8 Å². The summed E-state index contributed by atoms with van der Waals surface area (Å²) in [6.07, 6.45) is 0.545. The Morgan fingerprint density at radius 2 is 2.00 bits per heavy atom. The lowest BCUT2D eigenvalue weighted by Gasteiger charge is -2.11. The molecule has 0 aliphatic carbocycles. The van der Waals surface area contributed by atoms with Crippen molar-refractivity contribution in [3.05, 3.63) is 41.5 Å². The van der Waals surface area contributed by atoms with Crippen LogP contribution in [0.4, 0.5) is 4.39 Å². The molecule has 2 atom stereocenters. The van der Waals surface area contributed by atoms with Gasteiger partial charge < -0.3 is 4.57 Å². The fourth-order valence-corrected chi connectivity index (χ4v) is 5.48. The average Bonchev–Trinajstić information content (AvgIpc) is 3.10. The third-order valence-electron chi connectivity index (χ3n) is 4.25. The molecule has 2 aromatic rings. The summed E-state index contributed by atoms with van der Waals surface area (Å²) in [6, 6.07) is 5.43. The van der Waals surface area contributed by atoms with E-state index in [4.69, 9.17) is 0 Å². The molecule has 9 heteroatoms. The predicted octanol–water partition coefficient (Wildman–Crippen LogP) is 2.22. The second-order valence-electron chi connectivity index (χ2n) is 6.13. The zero-order chi connectivity index (χ0) is 18.2. The maximum Gasteiger partial charge on any atom is 0.191 e. The van der Waals surface area contributed by atoms with E-state index in [9.17, 15) is 17.6 Å². The van der Waals surface area contributed by atoms with Gasteiger partial charge in [-0.3, -0.25) is 4.79 Å². The van der Waals surface area contributed by atoms with Crippen LogP contribution in [0.25, 0.3) is 0 Å². The van der Waals surface area contributed by atoms with E-state index in [1.54, 1.807) is 18.5 Å². The van der Waals surface area contributed by atoms with Crippen molar-refractivity contribution < 1.29 is 17.6 Å². The maximum atomic E-state index is 13.0. The third kappa shape index (κ3) is 3.92. The van der Waals surface area contributed by atoms with E-state index < -0.39 is 15.1 Å². The molecule has 0 amide bonds. The van der Waals surface area contributed by atoms with Gasteiger partial charge in [0.05, 0.1) is 16.8 Å². The number of thioether (sulfide) groups is 1. The zero-order valence-electron chi connectivity index (χ0n) is 13.8. The van der Waals surface area contributed by atoms with E-state index in [1.807, 2.05) is 0 Å². The van der Waals surface area contributed by atoms with Gasteiger partial charge in [0.25, 0.3) is 0 Å². The molecule has 0 spiro atoms. The number of aromatic nitrogens is 3. The van der Waals surface area contributed by atoms with Crippen molar-refractivity contribution in [2.75, 3.05) is 11.5 Å². The molecule has 0 bridgehead atoms. The molecule has 134 valence electrons. The smallest absolute Gasteiger partial charge is 0.191 e. The molecule has 1 aliphatic heterocycles. The van der Waals surface area contributed by atoms with Crippen molar-refractivity contribution in [2.24, 2.45) is 7.05 Å². The standard InChI is InChI=1S/C16H18FN3O3S2/c1-10(14(21)11-3-5-13(17)6-4-11)24-16-19-18-15(20(16)2)12-7-8-25(22,23)9-12/h3-6,10,12H,7-9H2,1-2H3. The first-order valence-corrected chi connectivity index (χ1v) is 10.5. The summed E-state index contributed by atoms with van der Waals surface area (Å²) in [6.45, 7) is 1.75. The van der Waals surface area contributed by atoms with Crippen molar-refractivity contribution in [3.8, 4) is 0 Å². The van der Waals surface area contributed by atoms with Gasteiger partial charge in [-0.2, -0.15) is 0 Å². The molecule has 1 fully saturated rings. The van der Waals surface area contributed by atoms with E-state index in [0.717, 1.165) is 0 Å². The highest BCUT2D eigenvalue weighted by Gasteiger charge is 2.33. The number of rotatable bonds is 5. The van der Waals surface area contributed by atoms with Crippen LogP contribution in [-0.4, -0.2) is 45.7 Å². The van der Waals surface area contributed by atoms with Crippen LogP contribution in [0.5, 0.6) is 0 Å². The summed E-state index contributed by atoms with van der Waals surface area (Å²) in [5, 5.41) is 8.37. The van der Waals surface area contributed by atoms with Gasteiger partial charge in [-0.15, -0.1) is 10.2 Å². The maximum absolute atomic E-state index is 13.0. The van der Waals surface area contributed by atoms with E-state index in [1.165, 1.54) is 36.0 Å². The summed E-state index contributed by atoms with van der Waals surface area (Å²) in [5.41, 5.74) is 0.436. The van der Waals surface area contributed by atoms with Gasteiger partial charge in [0, 0.05) is 18.5 Å². The fraction of sp³-hybridized carbons (Fsp3) is 0.438. The molecule has 1 saturated heterocycles. The van der Waals surface area contributed by atoms with E-state index in [-0.39, 0.29) is 29.0 Å². The lowest BCUT2D eigenvalue weighted by Crippen LogP contribution is -2.15. The van der Waals surface area contributed by atoms with Crippen LogP contribution >= 0.6 is 11.8 Å². The van der Waals surface area contributed by atoms with Crippen molar-refractivity contribution in [3.63, 3.8) is 0 Å². The quantitative estimate of drug-likeness (QED) is 0.582. The number of carbonyl (C=O) groups excluding carboxylic acids is 1. The molecule has 2 heterocycles. The van der Waals surface area contributed by atoms with E-state index in [0.29, 0.717) is 23.0 Å². The van der Waals surface area contributed by atoms with Crippen molar-refractivity contribution >= 4 is 27.4 Å². The fourth-order valence-electron chi connectivity index (χ4n) is 2.84. The number of halogens is 1. The summed E-state index contributed by atoms with van der Waals surface area (Å²) in [5.74, 6) is 0.226. The monoisotopic (exact) mass is 383 g/mol. The second kappa shape index (κ2) is 6.87. The number of nitrogens with zero attached hydrogens (tertiary/aromatic N) is 3.